The largest absolute Gasteiger partial charge is 0.463 e. The van der Waals surface area contributed by atoms with Crippen molar-refractivity contribution in [3.63, 3.8) is 0 Å². The topological polar surface area (TPSA) is 54.7 Å². The molecule has 5 heteroatoms. The third kappa shape index (κ3) is 5.89. The van der Waals surface area contributed by atoms with Crippen LogP contribution in [0.4, 0.5) is 0 Å². The molecule has 0 radical (unpaired) electrons. The number of carbonyl (C=O) groups is 1. The van der Waals surface area contributed by atoms with Crippen LogP contribution >= 0.6 is 0 Å². The predicted molar refractivity (Wildman–Crippen MR) is 83.4 cm³/mol. The van der Waals surface area contributed by atoms with E-state index in [4.69, 9.17) is 9.15 Å². The molecule has 0 fully saturated rings. The molecule has 0 aliphatic carbocycles. The standard InChI is InChI=1S/C16H28N2O3/c1-5-18(6-2)10-7-8-13(3)17-12-14-9-11-21-15(14)16(19)20-4/h9,11,13,17H,5-8,10,12H2,1-4H3. The monoisotopic (exact) mass is 296 g/mol. The van der Waals surface area contributed by atoms with E-state index >= 15 is 0 Å². The maximum atomic E-state index is 11.5. The molecular formula is C16H28N2O3. The first kappa shape index (κ1) is 17.7. The summed E-state index contributed by atoms with van der Waals surface area (Å²) >= 11 is 0. The van der Waals surface area contributed by atoms with Gasteiger partial charge in [0, 0.05) is 18.2 Å². The number of rotatable bonds is 10. The zero-order valence-corrected chi connectivity index (χ0v) is 13.6. The van der Waals surface area contributed by atoms with Gasteiger partial charge in [0.05, 0.1) is 13.4 Å². The second kappa shape index (κ2) is 9.58. The van der Waals surface area contributed by atoms with E-state index in [1.807, 2.05) is 6.07 Å². The van der Waals surface area contributed by atoms with E-state index in [1.54, 1.807) is 0 Å². The molecular weight excluding hydrogens is 268 g/mol. The van der Waals surface area contributed by atoms with E-state index < -0.39 is 5.97 Å². The number of hydrogen-bond acceptors (Lipinski definition) is 5. The highest BCUT2D eigenvalue weighted by Gasteiger charge is 2.16. The molecule has 1 aromatic rings. The fourth-order valence-corrected chi connectivity index (χ4v) is 2.29. The minimum absolute atomic E-state index is 0.292. The van der Waals surface area contributed by atoms with Crippen molar-refractivity contribution < 1.29 is 13.9 Å². The van der Waals surface area contributed by atoms with Crippen molar-refractivity contribution in [3.05, 3.63) is 23.7 Å². The summed E-state index contributed by atoms with van der Waals surface area (Å²) in [6, 6.07) is 2.21. The Morgan fingerprint density at radius 3 is 2.76 bits per heavy atom. The first-order valence-electron chi connectivity index (χ1n) is 7.72. The Morgan fingerprint density at radius 2 is 2.14 bits per heavy atom. The Hall–Kier alpha value is -1.33. The third-order valence-electron chi connectivity index (χ3n) is 3.76. The van der Waals surface area contributed by atoms with Crippen molar-refractivity contribution in [1.29, 1.82) is 0 Å². The minimum Gasteiger partial charge on any atom is -0.463 e. The van der Waals surface area contributed by atoms with E-state index in [0.29, 0.717) is 18.3 Å². The highest BCUT2D eigenvalue weighted by atomic mass is 16.5. The number of methoxy groups -OCH3 is 1. The highest BCUT2D eigenvalue weighted by Crippen LogP contribution is 2.12. The first-order valence-corrected chi connectivity index (χ1v) is 7.72. The van der Waals surface area contributed by atoms with Crippen LogP contribution in [0.1, 0.15) is 49.7 Å². The summed E-state index contributed by atoms with van der Waals surface area (Å²) in [5, 5.41) is 3.43. The van der Waals surface area contributed by atoms with Crippen LogP contribution in [0, 0.1) is 0 Å². The van der Waals surface area contributed by atoms with Crippen LogP contribution in [0.3, 0.4) is 0 Å². The first-order chi connectivity index (χ1) is 10.1. The van der Waals surface area contributed by atoms with Gasteiger partial charge in [-0.1, -0.05) is 13.8 Å². The molecule has 0 aliphatic heterocycles. The van der Waals surface area contributed by atoms with E-state index in [9.17, 15) is 4.79 Å². The molecule has 120 valence electrons. The molecule has 1 unspecified atom stereocenters. The van der Waals surface area contributed by atoms with Gasteiger partial charge in [0.1, 0.15) is 0 Å². The van der Waals surface area contributed by atoms with E-state index in [-0.39, 0.29) is 0 Å². The van der Waals surface area contributed by atoms with Gasteiger partial charge < -0.3 is 19.4 Å². The number of ether oxygens (including phenoxy) is 1. The average molecular weight is 296 g/mol. The fourth-order valence-electron chi connectivity index (χ4n) is 2.29. The number of nitrogens with one attached hydrogen (secondary N) is 1. The predicted octanol–water partition coefficient (Wildman–Crippen LogP) is 2.67. The maximum absolute atomic E-state index is 11.5. The molecule has 0 amide bonds. The number of esters is 1. The van der Waals surface area contributed by atoms with Crippen LogP contribution < -0.4 is 5.32 Å². The van der Waals surface area contributed by atoms with Gasteiger partial charge in [-0.05, 0) is 45.5 Å². The summed E-state index contributed by atoms with van der Waals surface area (Å²) in [7, 11) is 1.36. The van der Waals surface area contributed by atoms with E-state index in [2.05, 4.69) is 31.0 Å². The smallest absolute Gasteiger partial charge is 0.374 e. The zero-order chi connectivity index (χ0) is 15.7. The van der Waals surface area contributed by atoms with Gasteiger partial charge in [-0.25, -0.2) is 4.79 Å². The molecule has 21 heavy (non-hydrogen) atoms. The summed E-state index contributed by atoms with van der Waals surface area (Å²) in [4.78, 5) is 13.9. The number of nitrogens with zero attached hydrogens (tertiary/aromatic N) is 1. The Bertz CT molecular complexity index is 413. The third-order valence-corrected chi connectivity index (χ3v) is 3.76. The second-order valence-corrected chi connectivity index (χ2v) is 5.22. The minimum atomic E-state index is -0.425. The number of furan rings is 1. The molecule has 0 saturated heterocycles. The molecule has 1 N–H and O–H groups in total. The lowest BCUT2D eigenvalue weighted by Gasteiger charge is -2.19. The van der Waals surface area contributed by atoms with Crippen LogP contribution in [0.25, 0.3) is 0 Å². The fraction of sp³-hybridized carbons (Fsp3) is 0.688. The van der Waals surface area contributed by atoms with Gasteiger partial charge in [-0.15, -0.1) is 0 Å². The summed E-state index contributed by atoms with van der Waals surface area (Å²) in [6.45, 7) is 10.5. The lowest BCUT2D eigenvalue weighted by molar-refractivity contribution is 0.0563. The lowest BCUT2D eigenvalue weighted by Crippen LogP contribution is -2.29. The van der Waals surface area contributed by atoms with Crippen molar-refractivity contribution in [3.8, 4) is 0 Å². The summed E-state index contributed by atoms with van der Waals surface area (Å²) in [5.41, 5.74) is 0.845. The molecule has 1 heterocycles. The Labute approximate surface area is 127 Å². The van der Waals surface area contributed by atoms with Crippen molar-refractivity contribution in [2.24, 2.45) is 0 Å². The van der Waals surface area contributed by atoms with Gasteiger partial charge in [-0.3, -0.25) is 0 Å². The molecule has 5 nitrogen and oxygen atoms in total. The molecule has 0 saturated carbocycles. The normalized spacial score (nSPS) is 12.6. The van der Waals surface area contributed by atoms with Crippen LogP contribution in [-0.2, 0) is 11.3 Å². The molecule has 0 bridgehead atoms. The van der Waals surface area contributed by atoms with Crippen molar-refractivity contribution in [2.75, 3.05) is 26.7 Å². The molecule has 1 rings (SSSR count). The highest BCUT2D eigenvalue weighted by molar-refractivity contribution is 5.87. The van der Waals surface area contributed by atoms with Crippen molar-refractivity contribution in [2.45, 2.75) is 46.2 Å². The average Bonchev–Trinajstić information content (AvgIpc) is 2.97. The molecule has 0 aliphatic rings. The van der Waals surface area contributed by atoms with Gasteiger partial charge in [0.15, 0.2) is 0 Å². The van der Waals surface area contributed by atoms with Crippen LogP contribution in [0.15, 0.2) is 16.7 Å². The lowest BCUT2D eigenvalue weighted by atomic mass is 10.1. The summed E-state index contributed by atoms with van der Waals surface area (Å²) < 4.78 is 9.86. The van der Waals surface area contributed by atoms with Gasteiger partial charge in [-0.2, -0.15) is 0 Å². The number of carbonyl (C=O) groups excluding carboxylic acids is 1. The second-order valence-electron chi connectivity index (χ2n) is 5.22. The Morgan fingerprint density at radius 1 is 1.43 bits per heavy atom. The summed E-state index contributed by atoms with van der Waals surface area (Å²) in [6.07, 6.45) is 3.81. The molecule has 0 spiro atoms. The van der Waals surface area contributed by atoms with E-state index in [0.717, 1.165) is 31.6 Å². The quantitative estimate of drug-likeness (QED) is 0.673. The Kier molecular flexibility index (Phi) is 8.08. The van der Waals surface area contributed by atoms with Crippen LogP contribution in [-0.4, -0.2) is 43.7 Å². The van der Waals surface area contributed by atoms with Gasteiger partial charge >= 0.3 is 5.97 Å². The maximum Gasteiger partial charge on any atom is 0.374 e. The van der Waals surface area contributed by atoms with Gasteiger partial charge in [0.25, 0.3) is 0 Å². The van der Waals surface area contributed by atoms with E-state index in [1.165, 1.54) is 19.8 Å². The number of hydrogen-bond donors (Lipinski definition) is 1. The van der Waals surface area contributed by atoms with Crippen LogP contribution in [0.2, 0.25) is 0 Å². The molecule has 1 aromatic heterocycles. The Balaban J connectivity index is 2.31. The van der Waals surface area contributed by atoms with Crippen molar-refractivity contribution >= 4 is 5.97 Å². The molecule has 1 atom stereocenters. The molecule has 0 aromatic carbocycles. The SMILES string of the molecule is CCN(CC)CCCC(C)NCc1ccoc1C(=O)OC. The van der Waals surface area contributed by atoms with Crippen LogP contribution in [0.5, 0.6) is 0 Å². The zero-order valence-electron chi connectivity index (χ0n) is 13.6. The van der Waals surface area contributed by atoms with Crippen molar-refractivity contribution in [1.82, 2.24) is 10.2 Å². The van der Waals surface area contributed by atoms with Gasteiger partial charge in [0.2, 0.25) is 5.76 Å². The summed E-state index contributed by atoms with van der Waals surface area (Å²) in [5.74, 6) is -0.133.